The average molecular weight is 343 g/mol. The summed E-state index contributed by atoms with van der Waals surface area (Å²) in [4.78, 5) is 22.9. The zero-order chi connectivity index (χ0) is 18.4. The first-order valence-electron chi connectivity index (χ1n) is 8.17. The largest absolute Gasteiger partial charge is 0.325 e. The Morgan fingerprint density at radius 3 is 2.38 bits per heavy atom. The van der Waals surface area contributed by atoms with Gasteiger partial charge >= 0.3 is 0 Å². The maximum absolute atomic E-state index is 12.3. The number of rotatable bonds is 5. The smallest absolute Gasteiger partial charge is 0.275 e. The van der Waals surface area contributed by atoms with Crippen molar-refractivity contribution in [3.05, 3.63) is 78.2 Å². The third-order valence-electron chi connectivity index (χ3n) is 3.80. The lowest BCUT2D eigenvalue weighted by Gasteiger charge is -2.21. The van der Waals surface area contributed by atoms with Crippen molar-refractivity contribution in [2.45, 2.75) is 6.92 Å². The number of nitrogens with one attached hydrogen (secondary N) is 1. The second-order valence-corrected chi connectivity index (χ2v) is 5.48. The number of nitrogens with zero attached hydrogens (tertiary/aromatic N) is 4. The molecule has 0 aliphatic heterocycles. The summed E-state index contributed by atoms with van der Waals surface area (Å²) in [5, 5.41) is 11.5. The van der Waals surface area contributed by atoms with Crippen LogP contribution in [0.5, 0.6) is 0 Å². The molecule has 1 heterocycles. The summed E-state index contributed by atoms with van der Waals surface area (Å²) in [7, 11) is 0. The molecule has 0 unspecified atom stereocenters. The molecule has 0 aliphatic rings. The van der Waals surface area contributed by atoms with Crippen LogP contribution < -0.4 is 10.2 Å². The molecule has 1 amide bonds. The van der Waals surface area contributed by atoms with Crippen LogP contribution in [-0.2, 0) is 0 Å². The lowest BCUT2D eigenvalue weighted by Crippen LogP contribution is -2.19. The fraction of sp³-hybridized carbons (Fsp3) is 0.100. The highest BCUT2D eigenvalue weighted by Crippen LogP contribution is 2.22. The van der Waals surface area contributed by atoms with E-state index in [1.54, 1.807) is 30.5 Å². The second-order valence-electron chi connectivity index (χ2n) is 5.48. The summed E-state index contributed by atoms with van der Waals surface area (Å²) in [6, 6.07) is 18.5. The van der Waals surface area contributed by atoms with E-state index < -0.39 is 0 Å². The molecule has 1 N–H and O–H groups in total. The van der Waals surface area contributed by atoms with Gasteiger partial charge in [0.2, 0.25) is 0 Å². The van der Waals surface area contributed by atoms with Gasteiger partial charge in [0.25, 0.3) is 5.91 Å². The fourth-order valence-electron chi connectivity index (χ4n) is 2.49. The van der Waals surface area contributed by atoms with Crippen LogP contribution in [0.1, 0.15) is 23.0 Å². The lowest BCUT2D eigenvalue weighted by molar-refractivity contribution is 0.102. The van der Waals surface area contributed by atoms with Gasteiger partial charge in [-0.05, 0) is 43.3 Å². The Morgan fingerprint density at radius 1 is 1.08 bits per heavy atom. The minimum absolute atomic E-state index is 0.224. The summed E-state index contributed by atoms with van der Waals surface area (Å²) < 4.78 is 0. The first kappa shape index (κ1) is 17.1. The van der Waals surface area contributed by atoms with Gasteiger partial charge in [-0.15, -0.1) is 0 Å². The standard InChI is InChI=1S/C20H17N5O/c1-2-25(17-6-4-3-5-7-17)19-14-22-18(13-23-19)20(26)24-16-10-8-15(12-21)9-11-16/h3-11,13-14H,2H2,1H3,(H,24,26). The fourth-order valence-corrected chi connectivity index (χ4v) is 2.49. The molecule has 3 aromatic rings. The highest BCUT2D eigenvalue weighted by Gasteiger charge is 2.12. The number of carbonyl (C=O) groups excluding carboxylic acids is 1. The van der Waals surface area contributed by atoms with Gasteiger partial charge in [-0.2, -0.15) is 5.26 Å². The van der Waals surface area contributed by atoms with E-state index in [0.717, 1.165) is 12.2 Å². The van der Waals surface area contributed by atoms with E-state index in [9.17, 15) is 4.79 Å². The van der Waals surface area contributed by atoms with Gasteiger partial charge in [0.1, 0.15) is 5.69 Å². The lowest BCUT2D eigenvalue weighted by atomic mass is 10.2. The number of para-hydroxylation sites is 1. The Hall–Kier alpha value is -3.72. The number of nitriles is 1. The van der Waals surface area contributed by atoms with Crippen LogP contribution in [0.2, 0.25) is 0 Å². The zero-order valence-corrected chi connectivity index (χ0v) is 14.3. The van der Waals surface area contributed by atoms with Crippen molar-refractivity contribution < 1.29 is 4.79 Å². The number of benzene rings is 2. The minimum Gasteiger partial charge on any atom is -0.325 e. The summed E-state index contributed by atoms with van der Waals surface area (Å²) >= 11 is 0. The molecule has 0 bridgehead atoms. The molecule has 3 rings (SSSR count). The molecular weight excluding hydrogens is 326 g/mol. The summed E-state index contributed by atoms with van der Waals surface area (Å²) in [6.45, 7) is 2.76. The van der Waals surface area contributed by atoms with Crippen LogP contribution in [0, 0.1) is 11.3 Å². The molecule has 0 radical (unpaired) electrons. The van der Waals surface area contributed by atoms with Crippen LogP contribution in [-0.4, -0.2) is 22.4 Å². The van der Waals surface area contributed by atoms with E-state index in [-0.39, 0.29) is 11.6 Å². The predicted octanol–water partition coefficient (Wildman–Crippen LogP) is 3.76. The van der Waals surface area contributed by atoms with Gasteiger partial charge in [0.05, 0.1) is 24.0 Å². The Labute approximate surface area is 151 Å². The SMILES string of the molecule is CCN(c1ccccc1)c1cnc(C(=O)Nc2ccc(C#N)cc2)cn1. The van der Waals surface area contributed by atoms with E-state index in [1.165, 1.54) is 6.20 Å². The molecule has 26 heavy (non-hydrogen) atoms. The van der Waals surface area contributed by atoms with E-state index in [1.807, 2.05) is 48.2 Å². The van der Waals surface area contributed by atoms with Crippen molar-refractivity contribution in [2.75, 3.05) is 16.8 Å². The highest BCUT2D eigenvalue weighted by molar-refractivity contribution is 6.02. The molecule has 0 spiro atoms. The Morgan fingerprint density at radius 2 is 1.81 bits per heavy atom. The molecule has 0 saturated heterocycles. The maximum atomic E-state index is 12.3. The summed E-state index contributed by atoms with van der Waals surface area (Å²) in [5.74, 6) is 0.324. The zero-order valence-electron chi connectivity index (χ0n) is 14.3. The number of anilines is 3. The molecule has 0 saturated carbocycles. The van der Waals surface area contributed by atoms with Gasteiger partial charge in [0.15, 0.2) is 5.82 Å². The normalized spacial score (nSPS) is 10.0. The number of carbonyl (C=O) groups is 1. The van der Waals surface area contributed by atoms with E-state index >= 15 is 0 Å². The number of hydrogen-bond acceptors (Lipinski definition) is 5. The van der Waals surface area contributed by atoms with Crippen LogP contribution in [0.25, 0.3) is 0 Å². The molecule has 1 aromatic heterocycles. The third-order valence-corrected chi connectivity index (χ3v) is 3.80. The first-order valence-corrected chi connectivity index (χ1v) is 8.17. The Balaban J connectivity index is 1.74. The van der Waals surface area contributed by atoms with Crippen molar-refractivity contribution in [3.8, 4) is 6.07 Å². The molecule has 6 heteroatoms. The van der Waals surface area contributed by atoms with Crippen molar-refractivity contribution in [1.29, 1.82) is 5.26 Å². The molecule has 0 fully saturated rings. The monoisotopic (exact) mass is 343 g/mol. The van der Waals surface area contributed by atoms with Crippen molar-refractivity contribution in [1.82, 2.24) is 9.97 Å². The van der Waals surface area contributed by atoms with Gasteiger partial charge in [-0.25, -0.2) is 9.97 Å². The molecule has 0 atom stereocenters. The maximum Gasteiger partial charge on any atom is 0.275 e. The van der Waals surface area contributed by atoms with Gasteiger partial charge < -0.3 is 10.2 Å². The topological polar surface area (TPSA) is 81.9 Å². The van der Waals surface area contributed by atoms with Gasteiger partial charge in [-0.1, -0.05) is 18.2 Å². The van der Waals surface area contributed by atoms with E-state index in [2.05, 4.69) is 15.3 Å². The number of amides is 1. The quantitative estimate of drug-likeness (QED) is 0.763. The Kier molecular flexibility index (Phi) is 5.20. The summed E-state index contributed by atoms with van der Waals surface area (Å²) in [6.07, 6.45) is 3.05. The van der Waals surface area contributed by atoms with Gasteiger partial charge in [-0.3, -0.25) is 4.79 Å². The first-order chi connectivity index (χ1) is 12.7. The van der Waals surface area contributed by atoms with E-state index in [0.29, 0.717) is 17.1 Å². The molecular formula is C20H17N5O. The van der Waals surface area contributed by atoms with Crippen molar-refractivity contribution in [2.24, 2.45) is 0 Å². The van der Waals surface area contributed by atoms with Crippen LogP contribution >= 0.6 is 0 Å². The molecule has 6 nitrogen and oxygen atoms in total. The van der Waals surface area contributed by atoms with E-state index in [4.69, 9.17) is 5.26 Å². The second kappa shape index (κ2) is 7.90. The van der Waals surface area contributed by atoms with Crippen LogP contribution in [0.15, 0.2) is 67.0 Å². The highest BCUT2D eigenvalue weighted by atomic mass is 16.1. The number of aromatic nitrogens is 2. The van der Waals surface area contributed by atoms with Crippen LogP contribution in [0.4, 0.5) is 17.2 Å². The van der Waals surface area contributed by atoms with Crippen LogP contribution in [0.3, 0.4) is 0 Å². The van der Waals surface area contributed by atoms with Crippen molar-refractivity contribution >= 4 is 23.1 Å². The number of hydrogen-bond donors (Lipinski definition) is 1. The summed E-state index contributed by atoms with van der Waals surface area (Å²) in [5.41, 5.74) is 2.37. The molecule has 2 aromatic carbocycles. The third kappa shape index (κ3) is 3.84. The Bertz CT molecular complexity index is 915. The van der Waals surface area contributed by atoms with Crippen molar-refractivity contribution in [3.63, 3.8) is 0 Å². The predicted molar refractivity (Wildman–Crippen MR) is 100 cm³/mol. The molecule has 0 aliphatic carbocycles. The van der Waals surface area contributed by atoms with Gasteiger partial charge in [0, 0.05) is 17.9 Å². The molecule has 128 valence electrons. The average Bonchev–Trinajstić information content (AvgIpc) is 2.70. The minimum atomic E-state index is -0.350.